The van der Waals surface area contributed by atoms with Crippen LogP contribution >= 0.6 is 11.3 Å². The second-order valence-electron chi connectivity index (χ2n) is 14.9. The predicted octanol–water partition coefficient (Wildman–Crippen LogP) is 10.6. The SMILES string of the molecule is C=C1[n+]2ccccc2-c2ccccc2CCC2c3cc4c(cc3-c3cccc5[n+]3C12C5)c1cccc2c3cc5c(cc3n4c12)sc1ccccc15. The van der Waals surface area contributed by atoms with Crippen LogP contribution in [0.2, 0.25) is 0 Å². The Labute approximate surface area is 297 Å². The summed E-state index contributed by atoms with van der Waals surface area (Å²) >= 11 is 1.91. The third-order valence-electron chi connectivity index (χ3n) is 12.8. The van der Waals surface area contributed by atoms with Crippen molar-refractivity contribution in [1.82, 2.24) is 4.40 Å². The van der Waals surface area contributed by atoms with E-state index in [0.717, 1.165) is 19.3 Å². The molecule has 0 radical (unpaired) electrons. The third kappa shape index (κ3) is 3.10. The summed E-state index contributed by atoms with van der Waals surface area (Å²) in [6, 6.07) is 48.4. The Hall–Kier alpha value is -5.84. The number of benzene rings is 5. The van der Waals surface area contributed by atoms with Gasteiger partial charge in [0.25, 0.3) is 11.2 Å². The number of allylic oxidation sites excluding steroid dienone is 1. The zero-order chi connectivity index (χ0) is 33.2. The van der Waals surface area contributed by atoms with E-state index in [0.29, 0.717) is 0 Å². The summed E-state index contributed by atoms with van der Waals surface area (Å²) in [7, 11) is 0. The summed E-state index contributed by atoms with van der Waals surface area (Å²) in [6.45, 7) is 5.00. The van der Waals surface area contributed by atoms with Crippen LogP contribution in [-0.4, -0.2) is 4.40 Å². The molecule has 5 aromatic carbocycles. The van der Waals surface area contributed by atoms with Gasteiger partial charge < -0.3 is 4.40 Å². The maximum absolute atomic E-state index is 5.00. The molecule has 1 spiro atoms. The van der Waals surface area contributed by atoms with Crippen LogP contribution in [0.3, 0.4) is 0 Å². The number of thiophene rings is 1. The predicted molar refractivity (Wildman–Crippen MR) is 210 cm³/mol. The Morgan fingerprint density at radius 2 is 1.41 bits per heavy atom. The first-order valence-corrected chi connectivity index (χ1v) is 18.9. The van der Waals surface area contributed by atoms with Gasteiger partial charge in [-0.05, 0) is 79.1 Å². The minimum Gasteiger partial charge on any atom is -0.308 e. The van der Waals surface area contributed by atoms with Crippen LogP contribution in [0.25, 0.3) is 86.5 Å². The van der Waals surface area contributed by atoms with E-state index in [-0.39, 0.29) is 11.5 Å². The molecule has 0 fully saturated rings. The van der Waals surface area contributed by atoms with Crippen LogP contribution in [0.1, 0.15) is 29.2 Å². The van der Waals surface area contributed by atoms with Gasteiger partial charge in [0.15, 0.2) is 11.9 Å². The Morgan fingerprint density at radius 1 is 0.647 bits per heavy atom. The van der Waals surface area contributed by atoms with E-state index in [1.165, 1.54) is 103 Å². The molecule has 2 atom stereocenters. The Morgan fingerprint density at radius 3 is 2.35 bits per heavy atom. The van der Waals surface area contributed by atoms with E-state index in [2.05, 4.69) is 147 Å². The first-order valence-electron chi connectivity index (χ1n) is 18.1. The number of pyridine rings is 2. The lowest BCUT2D eigenvalue weighted by atomic mass is 9.63. The zero-order valence-corrected chi connectivity index (χ0v) is 28.7. The van der Waals surface area contributed by atoms with E-state index in [1.54, 1.807) is 0 Å². The quantitative estimate of drug-likeness (QED) is 0.143. The monoisotopic (exact) mass is 669 g/mol. The number of hydrogen-bond donors (Lipinski definition) is 0. The van der Waals surface area contributed by atoms with Gasteiger partial charge in [-0.25, -0.2) is 0 Å². The van der Waals surface area contributed by atoms with Gasteiger partial charge in [0.05, 0.1) is 28.0 Å². The van der Waals surface area contributed by atoms with Crippen molar-refractivity contribution in [3.8, 4) is 22.5 Å². The molecule has 51 heavy (non-hydrogen) atoms. The molecule has 0 bridgehead atoms. The van der Waals surface area contributed by atoms with Crippen molar-refractivity contribution in [1.29, 1.82) is 0 Å². The lowest BCUT2D eigenvalue weighted by molar-refractivity contribution is -0.809. The molecule has 0 N–H and O–H groups in total. The molecule has 10 aromatic rings. The standard InChI is InChI=1S/C47H31N3S/c1-27-47-26-29-11-8-17-41(50(29)47)37-22-35-32-14-9-15-33-36-23-38-31-13-4-5-18-44(31)51-45(38)25-43(36)49(46(32)33)42(35)24-34(37)39(47)20-19-28-10-2-3-12-30(28)40-16-6-7-21-48(27)40/h2-18,21-25,39H,1,19-20,26H2/q+2. The van der Waals surface area contributed by atoms with E-state index in [9.17, 15) is 0 Å². The lowest BCUT2D eigenvalue weighted by Gasteiger charge is -2.45. The minimum atomic E-state index is -0.251. The average molecular weight is 670 g/mol. The van der Waals surface area contributed by atoms with Crippen molar-refractivity contribution >= 4 is 75.3 Å². The fraction of sp³-hybridized carbons (Fsp3) is 0.106. The Kier molecular flexibility index (Phi) is 4.80. The maximum Gasteiger partial charge on any atom is 0.267 e. The van der Waals surface area contributed by atoms with Gasteiger partial charge in [0.2, 0.25) is 11.4 Å². The zero-order valence-electron chi connectivity index (χ0n) is 27.9. The number of aromatic nitrogens is 3. The lowest BCUT2D eigenvalue weighted by Crippen LogP contribution is -2.76. The van der Waals surface area contributed by atoms with Crippen LogP contribution in [-0.2, 0) is 18.4 Å². The molecule has 238 valence electrons. The summed E-state index contributed by atoms with van der Waals surface area (Å²) in [5, 5.41) is 8.06. The normalized spacial score (nSPS) is 19.1. The number of nitrogens with zero attached hydrogens (tertiary/aromatic N) is 3. The van der Waals surface area contributed by atoms with Crippen molar-refractivity contribution < 1.29 is 9.13 Å². The van der Waals surface area contributed by atoms with Crippen molar-refractivity contribution in [3.05, 3.63) is 157 Å². The molecule has 3 nitrogen and oxygen atoms in total. The van der Waals surface area contributed by atoms with Gasteiger partial charge in [-0.1, -0.05) is 54.6 Å². The molecule has 5 aromatic heterocycles. The number of fused-ring (bicyclic) bond motifs is 15. The van der Waals surface area contributed by atoms with E-state index >= 15 is 0 Å². The molecule has 13 rings (SSSR count). The Balaban J connectivity index is 1.14. The third-order valence-corrected chi connectivity index (χ3v) is 13.9. The molecule has 3 aliphatic heterocycles. The number of aryl methyl sites for hydroxylation is 1. The van der Waals surface area contributed by atoms with Crippen LogP contribution in [0, 0.1) is 0 Å². The van der Waals surface area contributed by atoms with Crippen molar-refractivity contribution in [2.75, 3.05) is 0 Å². The first-order chi connectivity index (χ1) is 25.2. The summed E-state index contributed by atoms with van der Waals surface area (Å²) in [5.74, 6) is 0.264. The number of para-hydroxylation sites is 1. The van der Waals surface area contributed by atoms with E-state index in [4.69, 9.17) is 6.58 Å². The van der Waals surface area contributed by atoms with Gasteiger partial charge in [-0.3, -0.25) is 0 Å². The van der Waals surface area contributed by atoms with Crippen molar-refractivity contribution in [2.24, 2.45) is 0 Å². The average Bonchev–Trinajstić information content (AvgIpc) is 3.81. The molecule has 0 amide bonds. The molecule has 2 unspecified atom stereocenters. The highest BCUT2D eigenvalue weighted by atomic mass is 32.1. The molecule has 3 aliphatic rings. The van der Waals surface area contributed by atoms with Gasteiger partial charge in [-0.2, -0.15) is 9.13 Å². The second kappa shape index (κ2) is 9.08. The van der Waals surface area contributed by atoms with Crippen LogP contribution in [0.4, 0.5) is 0 Å². The number of rotatable bonds is 0. The fourth-order valence-corrected chi connectivity index (χ4v) is 11.8. The highest BCUT2D eigenvalue weighted by Crippen LogP contribution is 2.55. The highest BCUT2D eigenvalue weighted by molar-refractivity contribution is 7.25. The van der Waals surface area contributed by atoms with Crippen LogP contribution in [0.15, 0.2) is 140 Å². The molecular formula is C47H31N3S+2. The molecule has 0 aliphatic carbocycles. The van der Waals surface area contributed by atoms with Crippen LogP contribution in [0.5, 0.6) is 0 Å². The van der Waals surface area contributed by atoms with E-state index < -0.39 is 0 Å². The summed E-state index contributed by atoms with van der Waals surface area (Å²) < 4.78 is 10.4. The van der Waals surface area contributed by atoms with Gasteiger partial charge >= 0.3 is 0 Å². The molecule has 0 saturated carbocycles. The van der Waals surface area contributed by atoms with E-state index in [1.807, 2.05) is 11.3 Å². The fourth-order valence-electron chi connectivity index (χ4n) is 10.7. The highest BCUT2D eigenvalue weighted by Gasteiger charge is 2.68. The smallest absolute Gasteiger partial charge is 0.267 e. The summed E-state index contributed by atoms with van der Waals surface area (Å²) in [5.41, 5.74) is 14.3. The van der Waals surface area contributed by atoms with Gasteiger partial charge in [0, 0.05) is 71.5 Å². The Bertz CT molecular complexity index is 3220. The van der Waals surface area contributed by atoms with Gasteiger partial charge in [0.1, 0.15) is 6.42 Å². The topological polar surface area (TPSA) is 12.2 Å². The van der Waals surface area contributed by atoms with Crippen LogP contribution < -0.4 is 9.13 Å². The largest absolute Gasteiger partial charge is 0.308 e. The van der Waals surface area contributed by atoms with Gasteiger partial charge in [-0.15, -0.1) is 11.3 Å². The maximum atomic E-state index is 5.00. The molecule has 8 heterocycles. The number of hydrogen-bond acceptors (Lipinski definition) is 1. The molecule has 0 saturated heterocycles. The summed E-state index contributed by atoms with van der Waals surface area (Å²) in [6.07, 6.45) is 5.28. The second-order valence-corrected chi connectivity index (χ2v) is 16.0. The molecule has 4 heteroatoms. The molecular weight excluding hydrogens is 639 g/mol. The summed E-state index contributed by atoms with van der Waals surface area (Å²) in [4.78, 5) is 0. The first kappa shape index (κ1) is 27.0. The van der Waals surface area contributed by atoms with Crippen molar-refractivity contribution in [2.45, 2.75) is 30.7 Å². The van der Waals surface area contributed by atoms with Crippen molar-refractivity contribution in [3.63, 3.8) is 0 Å². The minimum absolute atomic E-state index is 0.251.